The highest BCUT2D eigenvalue weighted by atomic mass is 14.2. The van der Waals surface area contributed by atoms with Crippen molar-refractivity contribution < 1.29 is 4.11 Å². The largest absolute Gasteiger partial charge is 0.192 e. The molecule has 0 spiro atoms. The Bertz CT molecular complexity index is 360. The number of hydrogen-bond acceptors (Lipinski definition) is 1. The SMILES string of the molecule is [2H]C([2H])([2H])c1cc(C#N)ccc1C. The van der Waals surface area contributed by atoms with Crippen LogP contribution in [0.2, 0.25) is 0 Å². The third-order valence-electron chi connectivity index (χ3n) is 1.37. The lowest BCUT2D eigenvalue weighted by Crippen LogP contribution is -1.81. The molecule has 50 valence electrons. The van der Waals surface area contributed by atoms with Crippen LogP contribution in [0.1, 0.15) is 20.8 Å². The molecule has 0 radical (unpaired) electrons. The summed E-state index contributed by atoms with van der Waals surface area (Å²) in [4.78, 5) is 0. The van der Waals surface area contributed by atoms with Gasteiger partial charge in [0, 0.05) is 4.11 Å². The molecule has 0 aliphatic carbocycles. The average Bonchev–Trinajstić information content (AvgIpc) is 2.03. The number of hydrogen-bond donors (Lipinski definition) is 0. The van der Waals surface area contributed by atoms with E-state index in [0.29, 0.717) is 11.1 Å². The minimum absolute atomic E-state index is 0.256. The highest BCUT2D eigenvalue weighted by Gasteiger charge is 1.92. The van der Waals surface area contributed by atoms with E-state index in [0.717, 1.165) is 0 Å². The van der Waals surface area contributed by atoms with E-state index in [9.17, 15) is 0 Å². The first-order valence-corrected chi connectivity index (χ1v) is 2.96. The highest BCUT2D eigenvalue weighted by Crippen LogP contribution is 2.07. The highest BCUT2D eigenvalue weighted by molar-refractivity contribution is 5.36. The minimum Gasteiger partial charge on any atom is -0.192 e. The van der Waals surface area contributed by atoms with E-state index in [-0.39, 0.29) is 5.56 Å². The molecular formula is C9H9N. The fourth-order valence-electron chi connectivity index (χ4n) is 0.692. The van der Waals surface area contributed by atoms with Gasteiger partial charge in [-0.25, -0.2) is 0 Å². The van der Waals surface area contributed by atoms with Gasteiger partial charge in [0.25, 0.3) is 0 Å². The van der Waals surface area contributed by atoms with Crippen molar-refractivity contribution in [2.45, 2.75) is 13.8 Å². The summed E-state index contributed by atoms with van der Waals surface area (Å²) in [6, 6.07) is 6.60. The lowest BCUT2D eigenvalue weighted by molar-refractivity contribution is 1.32. The zero-order valence-electron chi connectivity index (χ0n) is 8.68. The Morgan fingerprint density at radius 2 is 2.30 bits per heavy atom. The fourth-order valence-corrected chi connectivity index (χ4v) is 0.692. The first-order chi connectivity index (χ1) is 5.95. The molecule has 10 heavy (non-hydrogen) atoms. The molecule has 0 saturated heterocycles. The maximum atomic E-state index is 8.58. The Hall–Kier alpha value is -1.29. The summed E-state index contributed by atoms with van der Waals surface area (Å²) in [5, 5.41) is 8.58. The Morgan fingerprint density at radius 3 is 2.90 bits per heavy atom. The molecule has 0 saturated carbocycles. The van der Waals surface area contributed by atoms with Crippen LogP contribution >= 0.6 is 0 Å². The van der Waals surface area contributed by atoms with E-state index in [1.54, 1.807) is 19.1 Å². The maximum Gasteiger partial charge on any atom is 0.0991 e. The summed E-state index contributed by atoms with van der Waals surface area (Å²) in [5.74, 6) is 0. The summed E-state index contributed by atoms with van der Waals surface area (Å²) < 4.78 is 21.6. The van der Waals surface area contributed by atoms with Crippen LogP contribution in [0.4, 0.5) is 0 Å². The van der Waals surface area contributed by atoms with Crippen molar-refractivity contribution in [1.29, 1.82) is 5.26 Å². The monoisotopic (exact) mass is 134 g/mol. The number of benzene rings is 1. The van der Waals surface area contributed by atoms with Crippen LogP contribution in [-0.4, -0.2) is 0 Å². The van der Waals surface area contributed by atoms with Gasteiger partial charge in [0.1, 0.15) is 0 Å². The summed E-state index contributed by atoms with van der Waals surface area (Å²) in [6.07, 6.45) is 0. The van der Waals surface area contributed by atoms with Crippen LogP contribution in [0.25, 0.3) is 0 Å². The summed E-state index contributed by atoms with van der Waals surface area (Å²) in [5.41, 5.74) is 1.34. The van der Waals surface area contributed by atoms with Gasteiger partial charge in [-0.15, -0.1) is 0 Å². The number of nitriles is 1. The number of nitrogens with zero attached hydrogens (tertiary/aromatic N) is 1. The van der Waals surface area contributed by atoms with Crippen LogP contribution in [0.3, 0.4) is 0 Å². The molecule has 0 unspecified atom stereocenters. The molecule has 0 aliphatic heterocycles. The zero-order chi connectivity index (χ0) is 10.1. The second-order valence-electron chi connectivity index (χ2n) is 2.14. The summed E-state index contributed by atoms with van der Waals surface area (Å²) >= 11 is 0. The third-order valence-corrected chi connectivity index (χ3v) is 1.37. The van der Waals surface area contributed by atoms with Crippen LogP contribution in [0, 0.1) is 25.1 Å². The van der Waals surface area contributed by atoms with Gasteiger partial charge in [-0.2, -0.15) is 5.26 Å². The van der Waals surface area contributed by atoms with E-state index in [2.05, 4.69) is 0 Å². The molecule has 0 bridgehead atoms. The van der Waals surface area contributed by atoms with E-state index in [4.69, 9.17) is 9.37 Å². The summed E-state index contributed by atoms with van der Waals surface area (Å²) in [6.45, 7) is -0.403. The molecule has 1 heteroatoms. The minimum atomic E-state index is -2.13. The van der Waals surface area contributed by atoms with Crippen LogP contribution < -0.4 is 0 Å². The maximum absolute atomic E-state index is 8.58. The molecular weight excluding hydrogens is 122 g/mol. The molecule has 1 nitrogen and oxygen atoms in total. The van der Waals surface area contributed by atoms with Crippen molar-refractivity contribution >= 4 is 0 Å². The summed E-state index contributed by atoms with van der Waals surface area (Å²) in [7, 11) is 0. The molecule has 0 N–H and O–H groups in total. The lowest BCUT2D eigenvalue weighted by Gasteiger charge is -1.96. The van der Waals surface area contributed by atoms with Crippen molar-refractivity contribution in [3.05, 3.63) is 34.9 Å². The molecule has 0 atom stereocenters. The second-order valence-corrected chi connectivity index (χ2v) is 2.14. The number of rotatable bonds is 0. The molecule has 0 aliphatic rings. The van der Waals surface area contributed by atoms with Gasteiger partial charge in [-0.1, -0.05) is 6.07 Å². The Morgan fingerprint density at radius 1 is 1.50 bits per heavy atom. The lowest BCUT2D eigenvalue weighted by atomic mass is 10.1. The van der Waals surface area contributed by atoms with Gasteiger partial charge in [0.05, 0.1) is 11.6 Å². The molecule has 0 fully saturated rings. The predicted molar refractivity (Wildman–Crippen MR) is 40.6 cm³/mol. The van der Waals surface area contributed by atoms with Gasteiger partial charge in [0.15, 0.2) is 0 Å². The first-order valence-electron chi connectivity index (χ1n) is 4.46. The quantitative estimate of drug-likeness (QED) is 0.533. The van der Waals surface area contributed by atoms with Gasteiger partial charge in [-0.05, 0) is 37.0 Å². The van der Waals surface area contributed by atoms with Crippen LogP contribution in [-0.2, 0) is 0 Å². The zero-order valence-corrected chi connectivity index (χ0v) is 5.68. The normalized spacial score (nSPS) is 14.6. The van der Waals surface area contributed by atoms with Gasteiger partial charge in [0.2, 0.25) is 0 Å². The molecule has 0 amide bonds. The van der Waals surface area contributed by atoms with Crippen molar-refractivity contribution in [2.75, 3.05) is 0 Å². The van der Waals surface area contributed by atoms with Crippen molar-refractivity contribution in [2.24, 2.45) is 0 Å². The van der Waals surface area contributed by atoms with Gasteiger partial charge in [-0.3, -0.25) is 0 Å². The van der Waals surface area contributed by atoms with Crippen LogP contribution in [0.5, 0.6) is 0 Å². The smallest absolute Gasteiger partial charge is 0.0991 e. The third kappa shape index (κ3) is 1.16. The molecule has 1 rings (SSSR count). The Kier molecular flexibility index (Phi) is 0.956. The Labute approximate surface area is 65.1 Å². The van der Waals surface area contributed by atoms with E-state index in [1.165, 1.54) is 6.07 Å². The van der Waals surface area contributed by atoms with E-state index < -0.39 is 6.85 Å². The fraction of sp³-hybridized carbons (Fsp3) is 0.222. The molecule has 1 aromatic carbocycles. The van der Waals surface area contributed by atoms with Crippen molar-refractivity contribution in [1.82, 2.24) is 0 Å². The average molecular weight is 134 g/mol. The standard InChI is InChI=1S/C9H9N/c1-7-3-4-9(6-10)5-8(7)2/h3-5H,1-2H3/i2D3. The topological polar surface area (TPSA) is 23.8 Å². The van der Waals surface area contributed by atoms with Crippen molar-refractivity contribution in [3.8, 4) is 6.07 Å². The number of aryl methyl sites for hydroxylation is 2. The molecule has 0 heterocycles. The predicted octanol–water partition coefficient (Wildman–Crippen LogP) is 2.18. The molecule has 1 aromatic rings. The van der Waals surface area contributed by atoms with Gasteiger partial charge >= 0.3 is 0 Å². The van der Waals surface area contributed by atoms with Crippen LogP contribution in [0.15, 0.2) is 18.2 Å². The first kappa shape index (κ1) is 3.78. The second kappa shape index (κ2) is 2.53. The molecule has 0 aromatic heterocycles. The van der Waals surface area contributed by atoms with Gasteiger partial charge < -0.3 is 0 Å². The Balaban J connectivity index is 3.29. The van der Waals surface area contributed by atoms with Crippen molar-refractivity contribution in [3.63, 3.8) is 0 Å². The van der Waals surface area contributed by atoms with E-state index in [1.807, 2.05) is 6.07 Å². The van der Waals surface area contributed by atoms with E-state index >= 15 is 0 Å².